The summed E-state index contributed by atoms with van der Waals surface area (Å²) < 4.78 is 5.32. The Hall–Kier alpha value is -2.03. The van der Waals surface area contributed by atoms with Crippen molar-refractivity contribution in [1.82, 2.24) is 16.0 Å². The summed E-state index contributed by atoms with van der Waals surface area (Å²) in [6.07, 6.45) is 2.56. The fourth-order valence-electron chi connectivity index (χ4n) is 2.32. The number of guanidine groups is 1. The summed E-state index contributed by atoms with van der Waals surface area (Å²) in [6.45, 7) is 7.88. The molecule has 0 aliphatic rings. The van der Waals surface area contributed by atoms with Crippen LogP contribution in [-0.2, 0) is 13.1 Å². The summed E-state index contributed by atoms with van der Waals surface area (Å²) >= 11 is 0. The Morgan fingerprint density at radius 2 is 2.00 bits per heavy atom. The molecule has 7 heteroatoms. The number of rotatable bonds is 8. The minimum Gasteiger partial charge on any atom is -0.467 e. The average Bonchev–Trinajstić information content (AvgIpc) is 3.17. The number of furan rings is 1. The van der Waals surface area contributed by atoms with Crippen molar-refractivity contribution in [3.63, 3.8) is 0 Å². The minimum atomic E-state index is -0.0481. The third kappa shape index (κ3) is 8.03. The highest BCUT2D eigenvalue weighted by Crippen LogP contribution is 2.08. The number of nitrogens with one attached hydrogen (secondary N) is 3. The Kier molecular flexibility index (Phi) is 10.5. The summed E-state index contributed by atoms with van der Waals surface area (Å²) in [4.78, 5) is 16.8. The number of aliphatic imine (C=N–C) groups is 1. The molecular formula is C20H29IN4O2. The predicted molar refractivity (Wildman–Crippen MR) is 119 cm³/mol. The highest BCUT2D eigenvalue weighted by atomic mass is 127. The van der Waals surface area contributed by atoms with Crippen LogP contribution in [0.5, 0.6) is 0 Å². The van der Waals surface area contributed by atoms with Crippen molar-refractivity contribution >= 4 is 35.8 Å². The molecule has 0 aliphatic carbocycles. The summed E-state index contributed by atoms with van der Waals surface area (Å²) in [5.74, 6) is 1.51. The number of nitrogens with zero attached hydrogens (tertiary/aromatic N) is 1. The Bertz CT molecular complexity index is 717. The second-order valence-corrected chi connectivity index (χ2v) is 6.11. The van der Waals surface area contributed by atoms with Gasteiger partial charge in [0.15, 0.2) is 5.96 Å². The van der Waals surface area contributed by atoms with E-state index in [2.05, 4.69) is 20.9 Å². The van der Waals surface area contributed by atoms with E-state index in [1.807, 2.05) is 57.2 Å². The lowest BCUT2D eigenvalue weighted by atomic mass is 10.1. The van der Waals surface area contributed by atoms with E-state index in [-0.39, 0.29) is 35.9 Å². The molecule has 0 saturated heterocycles. The number of carbonyl (C=O) groups excluding carboxylic acids is 1. The van der Waals surface area contributed by atoms with Crippen LogP contribution in [0, 0.1) is 0 Å². The molecule has 2 rings (SSSR count). The van der Waals surface area contributed by atoms with Gasteiger partial charge in [-0.25, -0.2) is 4.99 Å². The number of hydrogen-bond acceptors (Lipinski definition) is 3. The van der Waals surface area contributed by atoms with Gasteiger partial charge in [0.05, 0.1) is 19.4 Å². The van der Waals surface area contributed by atoms with E-state index in [1.54, 1.807) is 6.26 Å². The summed E-state index contributed by atoms with van der Waals surface area (Å²) in [5, 5.41) is 9.42. The number of carbonyl (C=O) groups is 1. The van der Waals surface area contributed by atoms with Crippen LogP contribution in [0.1, 0.15) is 48.9 Å². The van der Waals surface area contributed by atoms with Gasteiger partial charge in [-0.3, -0.25) is 4.79 Å². The van der Waals surface area contributed by atoms with Crippen LogP contribution >= 0.6 is 24.0 Å². The Morgan fingerprint density at radius 3 is 2.67 bits per heavy atom. The molecule has 0 aliphatic heterocycles. The van der Waals surface area contributed by atoms with E-state index < -0.39 is 0 Å². The molecule has 0 radical (unpaired) electrons. The van der Waals surface area contributed by atoms with Gasteiger partial charge < -0.3 is 20.4 Å². The third-order valence-corrected chi connectivity index (χ3v) is 3.95. The first-order valence-corrected chi connectivity index (χ1v) is 9.06. The first-order valence-electron chi connectivity index (χ1n) is 9.06. The molecule has 1 atom stereocenters. The average molecular weight is 484 g/mol. The van der Waals surface area contributed by atoms with Gasteiger partial charge in [-0.15, -0.1) is 24.0 Å². The SMILES string of the molecule is CCNC(=NCc1cccc(C(=O)NC(C)CC)c1)NCc1ccco1.I. The van der Waals surface area contributed by atoms with Gasteiger partial charge in [-0.2, -0.15) is 0 Å². The van der Waals surface area contributed by atoms with Crippen LogP contribution in [0.4, 0.5) is 0 Å². The van der Waals surface area contributed by atoms with E-state index in [9.17, 15) is 4.79 Å². The summed E-state index contributed by atoms with van der Waals surface area (Å²) in [7, 11) is 0. The molecule has 27 heavy (non-hydrogen) atoms. The lowest BCUT2D eigenvalue weighted by Gasteiger charge is -2.12. The molecule has 1 amide bonds. The Balaban J connectivity index is 0.00000364. The van der Waals surface area contributed by atoms with Crippen LogP contribution in [0.15, 0.2) is 52.1 Å². The smallest absolute Gasteiger partial charge is 0.251 e. The van der Waals surface area contributed by atoms with Crippen molar-refractivity contribution in [3.8, 4) is 0 Å². The maximum absolute atomic E-state index is 12.3. The summed E-state index contributed by atoms with van der Waals surface area (Å²) in [6, 6.07) is 11.5. The molecule has 1 heterocycles. The van der Waals surface area contributed by atoms with E-state index in [1.165, 1.54) is 0 Å². The van der Waals surface area contributed by atoms with Crippen LogP contribution in [0.25, 0.3) is 0 Å². The largest absolute Gasteiger partial charge is 0.467 e. The minimum absolute atomic E-state index is 0. The zero-order chi connectivity index (χ0) is 18.8. The number of hydrogen-bond donors (Lipinski definition) is 3. The van der Waals surface area contributed by atoms with E-state index in [0.717, 1.165) is 24.3 Å². The van der Waals surface area contributed by atoms with Crippen LogP contribution in [0.2, 0.25) is 0 Å². The van der Waals surface area contributed by atoms with Gasteiger partial charge in [0, 0.05) is 18.2 Å². The van der Waals surface area contributed by atoms with Crippen molar-refractivity contribution in [1.29, 1.82) is 0 Å². The monoisotopic (exact) mass is 484 g/mol. The molecule has 1 aromatic carbocycles. The topological polar surface area (TPSA) is 78.7 Å². The lowest BCUT2D eigenvalue weighted by Crippen LogP contribution is -2.36. The number of halogens is 1. The Morgan fingerprint density at radius 1 is 1.19 bits per heavy atom. The van der Waals surface area contributed by atoms with E-state index in [0.29, 0.717) is 24.6 Å². The molecule has 3 N–H and O–H groups in total. The fraction of sp³-hybridized carbons (Fsp3) is 0.400. The van der Waals surface area contributed by atoms with Crippen LogP contribution < -0.4 is 16.0 Å². The normalized spacial score (nSPS) is 12.0. The molecule has 2 aromatic rings. The fourth-order valence-corrected chi connectivity index (χ4v) is 2.32. The standard InChI is InChI=1S/C20H28N4O2.HI/c1-4-15(3)24-19(25)17-9-6-8-16(12-17)13-22-20(21-5-2)23-14-18-10-7-11-26-18;/h6-12,15H,4-5,13-14H2,1-3H3,(H,24,25)(H2,21,22,23);1H. The van der Waals surface area contributed by atoms with Gasteiger partial charge in [0.2, 0.25) is 0 Å². The molecule has 0 spiro atoms. The Labute approximate surface area is 178 Å². The van der Waals surface area contributed by atoms with E-state index in [4.69, 9.17) is 4.42 Å². The van der Waals surface area contributed by atoms with Gasteiger partial charge in [-0.05, 0) is 50.1 Å². The maximum Gasteiger partial charge on any atom is 0.251 e. The highest BCUT2D eigenvalue weighted by molar-refractivity contribution is 14.0. The quantitative estimate of drug-likeness (QED) is 0.304. The summed E-state index contributed by atoms with van der Waals surface area (Å²) in [5.41, 5.74) is 1.64. The molecule has 148 valence electrons. The zero-order valence-corrected chi connectivity index (χ0v) is 18.4. The zero-order valence-electron chi connectivity index (χ0n) is 16.1. The second-order valence-electron chi connectivity index (χ2n) is 6.11. The van der Waals surface area contributed by atoms with Crippen molar-refractivity contribution in [2.75, 3.05) is 6.54 Å². The van der Waals surface area contributed by atoms with Gasteiger partial charge in [0.1, 0.15) is 5.76 Å². The van der Waals surface area contributed by atoms with Crippen molar-refractivity contribution < 1.29 is 9.21 Å². The number of amides is 1. The molecule has 6 nitrogen and oxygen atoms in total. The van der Waals surface area contributed by atoms with Gasteiger partial charge in [-0.1, -0.05) is 19.1 Å². The first kappa shape index (κ1) is 23.0. The van der Waals surface area contributed by atoms with Crippen LogP contribution in [-0.4, -0.2) is 24.5 Å². The molecule has 1 unspecified atom stereocenters. The van der Waals surface area contributed by atoms with Crippen molar-refractivity contribution in [2.24, 2.45) is 4.99 Å². The second kappa shape index (κ2) is 12.4. The van der Waals surface area contributed by atoms with Crippen molar-refractivity contribution in [3.05, 3.63) is 59.5 Å². The molecule has 0 bridgehead atoms. The molecular weight excluding hydrogens is 455 g/mol. The maximum atomic E-state index is 12.3. The van der Waals surface area contributed by atoms with Gasteiger partial charge in [0.25, 0.3) is 5.91 Å². The highest BCUT2D eigenvalue weighted by Gasteiger charge is 2.09. The van der Waals surface area contributed by atoms with Crippen LogP contribution in [0.3, 0.4) is 0 Å². The number of benzene rings is 1. The lowest BCUT2D eigenvalue weighted by molar-refractivity contribution is 0.0939. The van der Waals surface area contributed by atoms with Gasteiger partial charge >= 0.3 is 0 Å². The third-order valence-electron chi connectivity index (χ3n) is 3.95. The molecule has 1 aromatic heterocycles. The first-order chi connectivity index (χ1) is 12.6. The molecule has 0 saturated carbocycles. The predicted octanol–water partition coefficient (Wildman–Crippen LogP) is 3.68. The molecule has 0 fully saturated rings. The van der Waals surface area contributed by atoms with Crippen molar-refractivity contribution in [2.45, 2.75) is 46.3 Å². The van der Waals surface area contributed by atoms with E-state index >= 15 is 0 Å².